The maximum atomic E-state index is 15.3. The number of halogens is 2. The largest absolute Gasteiger partial charge is 0.493 e. The molecule has 0 saturated heterocycles. The van der Waals surface area contributed by atoms with Gasteiger partial charge in [0.25, 0.3) is 0 Å². The fraction of sp³-hybridized carbons (Fsp3) is 0.250. The molecular formula is C24H24F2N6O4. The summed E-state index contributed by atoms with van der Waals surface area (Å²) in [5.74, 6) is -2.27. The van der Waals surface area contributed by atoms with Crippen LogP contribution in [0.2, 0.25) is 0 Å². The van der Waals surface area contributed by atoms with Crippen LogP contribution in [0.4, 0.5) is 25.0 Å². The van der Waals surface area contributed by atoms with Gasteiger partial charge in [0.1, 0.15) is 11.4 Å². The first-order valence-electron chi connectivity index (χ1n) is 10.7. The van der Waals surface area contributed by atoms with Crippen molar-refractivity contribution in [1.82, 2.24) is 9.97 Å². The molecule has 0 fully saturated rings. The number of carbonyl (C=O) groups excluding carboxylic acids is 1. The van der Waals surface area contributed by atoms with E-state index in [-0.39, 0.29) is 24.6 Å². The fourth-order valence-corrected chi connectivity index (χ4v) is 3.89. The molecule has 1 aliphatic heterocycles. The van der Waals surface area contributed by atoms with Gasteiger partial charge < -0.3 is 19.6 Å². The second-order valence-electron chi connectivity index (χ2n) is 7.86. The number of aromatic nitrogens is 2. The minimum absolute atomic E-state index is 0.0569. The molecule has 0 bridgehead atoms. The normalized spacial score (nSPS) is 14.2. The summed E-state index contributed by atoms with van der Waals surface area (Å²) in [6.07, 6.45) is 5.76. The topological polar surface area (TPSA) is 119 Å². The zero-order valence-corrected chi connectivity index (χ0v) is 20.1. The van der Waals surface area contributed by atoms with Crippen molar-refractivity contribution in [2.75, 3.05) is 31.1 Å². The summed E-state index contributed by atoms with van der Waals surface area (Å²) in [6, 6.07) is 2.05. The number of amides is 2. The number of nitrogens with zero attached hydrogens (tertiary/aromatic N) is 5. The van der Waals surface area contributed by atoms with Gasteiger partial charge in [-0.25, -0.2) is 18.6 Å². The van der Waals surface area contributed by atoms with Crippen LogP contribution in [0.1, 0.15) is 23.9 Å². The number of benzene rings is 1. The van der Waals surface area contributed by atoms with Crippen molar-refractivity contribution in [1.29, 1.82) is 0 Å². The molecule has 0 atom stereocenters. The van der Waals surface area contributed by atoms with Gasteiger partial charge in [0, 0.05) is 42.4 Å². The van der Waals surface area contributed by atoms with Gasteiger partial charge in [0.2, 0.25) is 0 Å². The van der Waals surface area contributed by atoms with Crippen molar-refractivity contribution in [2.24, 2.45) is 10.7 Å². The van der Waals surface area contributed by atoms with Crippen molar-refractivity contribution in [3.63, 3.8) is 0 Å². The summed E-state index contributed by atoms with van der Waals surface area (Å²) in [5.41, 5.74) is 7.94. The molecule has 188 valence electrons. The first kappa shape index (κ1) is 24.6. The monoisotopic (exact) mass is 498 g/mol. The second-order valence-corrected chi connectivity index (χ2v) is 7.86. The molecule has 2 amide bonds. The first-order chi connectivity index (χ1) is 17.3. The molecule has 36 heavy (non-hydrogen) atoms. The van der Waals surface area contributed by atoms with E-state index in [2.05, 4.69) is 15.0 Å². The lowest BCUT2D eigenvalue weighted by atomic mass is 10.0. The Hall–Kier alpha value is -4.48. The predicted molar refractivity (Wildman–Crippen MR) is 129 cm³/mol. The Balaban J connectivity index is 1.89. The van der Waals surface area contributed by atoms with Crippen molar-refractivity contribution in [2.45, 2.75) is 20.0 Å². The minimum atomic E-state index is -1.04. The number of pyridine rings is 1. The molecule has 3 heterocycles. The Morgan fingerprint density at radius 2 is 1.92 bits per heavy atom. The van der Waals surface area contributed by atoms with Crippen LogP contribution in [0, 0.1) is 11.6 Å². The summed E-state index contributed by atoms with van der Waals surface area (Å²) >= 11 is 0. The Bertz CT molecular complexity index is 1320. The molecule has 2 N–H and O–H groups in total. The molecule has 1 aliphatic rings. The molecule has 1 aromatic carbocycles. The molecule has 2 aromatic heterocycles. The molecule has 4 rings (SSSR count). The second kappa shape index (κ2) is 10.0. The van der Waals surface area contributed by atoms with Crippen LogP contribution in [0.3, 0.4) is 0 Å². The molecule has 0 spiro atoms. The number of urea groups is 1. The van der Waals surface area contributed by atoms with E-state index >= 15 is 8.78 Å². The molecule has 0 aliphatic carbocycles. The Labute approximate surface area is 205 Å². The highest BCUT2D eigenvalue weighted by molar-refractivity contribution is 6.11. The third-order valence-corrected chi connectivity index (χ3v) is 5.62. The average molecular weight is 498 g/mol. The van der Waals surface area contributed by atoms with Crippen LogP contribution >= 0.6 is 0 Å². The van der Waals surface area contributed by atoms with Gasteiger partial charge in [-0.05, 0) is 13.0 Å². The number of nitrogens with two attached hydrogens (primary N) is 1. The Morgan fingerprint density at radius 1 is 1.22 bits per heavy atom. The standard InChI is InChI=1S/C24H24F2N6O4/c1-13(27)16(9-28-2)17-5-18-14(7-30-17)10-32(24(33)31(18)11-15-8-29-12-36-15)23-21(25)19(34-3)6-20(35-4)22(23)26/h5-9,12H,10-11,27H2,1-4H3. The lowest BCUT2D eigenvalue weighted by Gasteiger charge is -2.37. The molecule has 3 aromatic rings. The van der Waals surface area contributed by atoms with E-state index in [9.17, 15) is 4.79 Å². The number of rotatable bonds is 7. The van der Waals surface area contributed by atoms with Gasteiger partial charge in [-0.1, -0.05) is 0 Å². The lowest BCUT2D eigenvalue weighted by molar-refractivity contribution is 0.248. The van der Waals surface area contributed by atoms with Crippen molar-refractivity contribution in [3.05, 3.63) is 65.3 Å². The van der Waals surface area contributed by atoms with Crippen LogP contribution in [0.5, 0.6) is 11.5 Å². The molecule has 12 heteroatoms. The van der Waals surface area contributed by atoms with Crippen LogP contribution in [-0.4, -0.2) is 43.5 Å². The predicted octanol–water partition coefficient (Wildman–Crippen LogP) is 3.90. The maximum absolute atomic E-state index is 15.3. The number of oxazole rings is 1. The third kappa shape index (κ3) is 4.32. The van der Waals surface area contributed by atoms with Gasteiger partial charge >= 0.3 is 6.03 Å². The molecule has 0 saturated carbocycles. The average Bonchev–Trinajstić information content (AvgIpc) is 3.38. The van der Waals surface area contributed by atoms with E-state index < -0.39 is 23.4 Å². The molecule has 0 unspecified atom stereocenters. The van der Waals surface area contributed by atoms with E-state index in [1.54, 1.807) is 26.3 Å². The number of methoxy groups -OCH3 is 2. The number of ether oxygens (including phenoxy) is 2. The summed E-state index contributed by atoms with van der Waals surface area (Å²) in [7, 11) is 4.07. The highest BCUT2D eigenvalue weighted by Crippen LogP contribution is 2.41. The lowest BCUT2D eigenvalue weighted by Crippen LogP contribution is -2.47. The number of fused-ring (bicyclic) bond motifs is 1. The quantitative estimate of drug-likeness (QED) is 0.491. The molecule has 0 radical (unpaired) electrons. The number of anilines is 2. The van der Waals surface area contributed by atoms with E-state index in [0.717, 1.165) is 11.0 Å². The number of carbonyl (C=O) groups is 1. The first-order valence-corrected chi connectivity index (χ1v) is 10.7. The summed E-state index contributed by atoms with van der Waals surface area (Å²) in [5, 5.41) is 0. The summed E-state index contributed by atoms with van der Waals surface area (Å²) in [6.45, 7) is 1.48. The van der Waals surface area contributed by atoms with Gasteiger partial charge in [0.15, 0.2) is 29.5 Å². The number of aliphatic imine (C=N–C) groups is 1. The molecule has 10 nitrogen and oxygen atoms in total. The minimum Gasteiger partial charge on any atom is -0.493 e. The number of hydrogen-bond acceptors (Lipinski definition) is 8. The van der Waals surface area contributed by atoms with Crippen molar-refractivity contribution in [3.8, 4) is 11.5 Å². The van der Waals surface area contributed by atoms with Crippen LogP contribution in [-0.2, 0) is 13.1 Å². The number of hydrogen-bond donors (Lipinski definition) is 1. The van der Waals surface area contributed by atoms with Crippen molar-refractivity contribution >= 4 is 29.2 Å². The van der Waals surface area contributed by atoms with Gasteiger partial charge in [-0.3, -0.25) is 19.8 Å². The van der Waals surface area contributed by atoms with E-state index in [1.807, 2.05) is 0 Å². The highest BCUT2D eigenvalue weighted by Gasteiger charge is 2.37. The van der Waals surface area contributed by atoms with Crippen LogP contribution < -0.4 is 25.0 Å². The zero-order valence-electron chi connectivity index (χ0n) is 20.1. The van der Waals surface area contributed by atoms with Gasteiger partial charge in [-0.15, -0.1) is 0 Å². The van der Waals surface area contributed by atoms with E-state index in [4.69, 9.17) is 19.6 Å². The maximum Gasteiger partial charge on any atom is 0.329 e. The highest BCUT2D eigenvalue weighted by atomic mass is 19.1. The Morgan fingerprint density at radius 3 is 2.47 bits per heavy atom. The van der Waals surface area contributed by atoms with Gasteiger partial charge in [0.05, 0.1) is 44.9 Å². The summed E-state index contributed by atoms with van der Waals surface area (Å²) < 4.78 is 46.1. The van der Waals surface area contributed by atoms with Crippen LogP contribution in [0.15, 0.2) is 46.0 Å². The third-order valence-electron chi connectivity index (χ3n) is 5.62. The summed E-state index contributed by atoms with van der Waals surface area (Å²) in [4.78, 5) is 28.4. The molecular weight excluding hydrogens is 474 g/mol. The van der Waals surface area contributed by atoms with Crippen molar-refractivity contribution < 1.29 is 27.5 Å². The fourth-order valence-electron chi connectivity index (χ4n) is 3.89. The smallest absolute Gasteiger partial charge is 0.329 e. The van der Waals surface area contributed by atoms with Crippen LogP contribution in [0.25, 0.3) is 5.57 Å². The zero-order chi connectivity index (χ0) is 26.0. The van der Waals surface area contributed by atoms with E-state index in [1.165, 1.54) is 37.9 Å². The number of allylic oxidation sites excluding steroid dienone is 2. The van der Waals surface area contributed by atoms with Gasteiger partial charge in [-0.2, -0.15) is 0 Å². The Kier molecular flexibility index (Phi) is 6.86. The van der Waals surface area contributed by atoms with E-state index in [0.29, 0.717) is 34.0 Å². The SMILES string of the molecule is CN=CC(=C(C)N)c1cc2c(cn1)CN(c1c(F)c(OC)cc(OC)c1F)C(=O)N2Cc1cnco1.